The number of amides is 1. The average molecular weight is 434 g/mol. The molecule has 0 aliphatic heterocycles. The molecule has 5 rings (SSSR count). The number of benzene rings is 1. The second kappa shape index (κ2) is 7.23. The Morgan fingerprint density at radius 1 is 1.19 bits per heavy atom. The summed E-state index contributed by atoms with van der Waals surface area (Å²) in [6.45, 7) is 0. The molecule has 1 amide bonds. The number of carbonyl (C=O) groups excluding carboxylic acids is 2. The summed E-state index contributed by atoms with van der Waals surface area (Å²) in [5.74, 6) is 1.28. The summed E-state index contributed by atoms with van der Waals surface area (Å²) in [6, 6.07) is 9.36. The van der Waals surface area contributed by atoms with Gasteiger partial charge in [-0.15, -0.1) is 0 Å². The smallest absolute Gasteiger partial charge is 0.307 e. The number of alkyl halides is 1. The molecule has 0 radical (unpaired) electrons. The first-order valence-electron chi connectivity index (χ1n) is 9.99. The Hall–Kier alpha value is -1.36. The van der Waals surface area contributed by atoms with Crippen molar-refractivity contribution in [3.8, 4) is 0 Å². The monoisotopic (exact) mass is 433 g/mol. The molecule has 1 N–H and O–H groups in total. The van der Waals surface area contributed by atoms with Crippen LogP contribution in [0.4, 0.5) is 0 Å². The summed E-state index contributed by atoms with van der Waals surface area (Å²) < 4.78 is 5.09. The second-order valence-electron chi connectivity index (χ2n) is 9.10. The van der Waals surface area contributed by atoms with Gasteiger partial charge in [0.15, 0.2) is 0 Å². The molecular formula is C22H28BrNO3. The Balaban J connectivity index is 1.46. The number of nitrogens with one attached hydrogen (secondary N) is 1. The summed E-state index contributed by atoms with van der Waals surface area (Å²) in [4.78, 5) is 24.9. The molecule has 0 saturated heterocycles. The van der Waals surface area contributed by atoms with E-state index in [1.807, 2.05) is 30.3 Å². The summed E-state index contributed by atoms with van der Waals surface area (Å²) in [7, 11) is 1.39. The molecule has 4 saturated carbocycles. The van der Waals surface area contributed by atoms with Gasteiger partial charge in [0.1, 0.15) is 0 Å². The van der Waals surface area contributed by atoms with Gasteiger partial charge < -0.3 is 10.1 Å². The number of halogens is 1. The van der Waals surface area contributed by atoms with Gasteiger partial charge in [-0.2, -0.15) is 0 Å². The van der Waals surface area contributed by atoms with Gasteiger partial charge in [0.2, 0.25) is 5.91 Å². The molecule has 4 aliphatic rings. The van der Waals surface area contributed by atoms with E-state index in [0.29, 0.717) is 6.42 Å². The van der Waals surface area contributed by atoms with Gasteiger partial charge >= 0.3 is 5.97 Å². The van der Waals surface area contributed by atoms with Crippen LogP contribution in [0.5, 0.6) is 0 Å². The number of carbonyl (C=O) groups is 2. The standard InChI is InChI=1S/C22H28BrNO3/c1-27-20(26)8-18(17-5-3-2-4-6-17)24-19(25)13-21-9-15-7-16(10-21)12-22(23,11-15)14-21/h2-6,15-16,18H,7-14H2,1H3,(H,24,25)/t15-,16-,18-,21?,22?/m1/s1. The molecule has 0 unspecified atom stereocenters. The van der Waals surface area contributed by atoms with Gasteiger partial charge in [0, 0.05) is 10.7 Å². The van der Waals surface area contributed by atoms with Gasteiger partial charge in [-0.3, -0.25) is 9.59 Å². The van der Waals surface area contributed by atoms with Gasteiger partial charge in [0.25, 0.3) is 0 Å². The van der Waals surface area contributed by atoms with Crippen LogP contribution in [-0.4, -0.2) is 23.3 Å². The molecule has 27 heavy (non-hydrogen) atoms. The number of methoxy groups -OCH3 is 1. The lowest BCUT2D eigenvalue weighted by Crippen LogP contribution is -2.54. The lowest BCUT2D eigenvalue weighted by Gasteiger charge is -2.60. The maximum atomic E-state index is 13.0. The molecule has 4 aliphatic carbocycles. The maximum Gasteiger partial charge on any atom is 0.307 e. The highest BCUT2D eigenvalue weighted by molar-refractivity contribution is 9.10. The Morgan fingerprint density at radius 2 is 1.85 bits per heavy atom. The molecule has 4 bridgehead atoms. The Labute approximate surface area is 169 Å². The zero-order valence-corrected chi connectivity index (χ0v) is 17.5. The fourth-order valence-corrected chi connectivity index (χ4v) is 7.83. The lowest BCUT2D eigenvalue weighted by atomic mass is 9.48. The van der Waals surface area contributed by atoms with Crippen molar-refractivity contribution in [2.24, 2.45) is 17.3 Å². The molecule has 1 aromatic rings. The van der Waals surface area contributed by atoms with E-state index in [4.69, 9.17) is 4.74 Å². The van der Waals surface area contributed by atoms with Crippen molar-refractivity contribution in [3.05, 3.63) is 35.9 Å². The molecule has 5 heteroatoms. The van der Waals surface area contributed by atoms with Crippen LogP contribution in [-0.2, 0) is 14.3 Å². The molecular weight excluding hydrogens is 406 g/mol. The predicted octanol–water partition coefficient (Wildman–Crippen LogP) is 4.53. The largest absolute Gasteiger partial charge is 0.469 e. The summed E-state index contributed by atoms with van der Waals surface area (Å²) in [6.07, 6.45) is 8.06. The molecule has 3 atom stereocenters. The first kappa shape index (κ1) is 19.0. The fourth-order valence-electron chi connectivity index (χ4n) is 6.32. The number of hydrogen-bond acceptors (Lipinski definition) is 3. The van der Waals surface area contributed by atoms with Gasteiger partial charge in [-0.25, -0.2) is 0 Å². The third-order valence-electron chi connectivity index (χ3n) is 6.78. The maximum absolute atomic E-state index is 13.0. The molecule has 0 aromatic heterocycles. The van der Waals surface area contributed by atoms with E-state index in [1.165, 1.54) is 39.2 Å². The highest BCUT2D eigenvalue weighted by Crippen LogP contribution is 2.65. The van der Waals surface area contributed by atoms with Crippen LogP contribution < -0.4 is 5.32 Å². The molecule has 1 aromatic carbocycles. The fraction of sp³-hybridized carbons (Fsp3) is 0.636. The topological polar surface area (TPSA) is 55.4 Å². The van der Waals surface area contributed by atoms with Crippen molar-refractivity contribution >= 4 is 27.8 Å². The van der Waals surface area contributed by atoms with Crippen LogP contribution in [0.15, 0.2) is 30.3 Å². The van der Waals surface area contributed by atoms with E-state index in [-0.39, 0.29) is 34.1 Å². The highest BCUT2D eigenvalue weighted by Gasteiger charge is 2.57. The van der Waals surface area contributed by atoms with E-state index in [9.17, 15) is 9.59 Å². The minimum atomic E-state index is -0.335. The van der Waals surface area contributed by atoms with Crippen LogP contribution in [0.3, 0.4) is 0 Å². The minimum Gasteiger partial charge on any atom is -0.469 e. The van der Waals surface area contributed by atoms with Gasteiger partial charge in [0.05, 0.1) is 19.6 Å². The zero-order valence-electron chi connectivity index (χ0n) is 15.9. The zero-order chi connectivity index (χ0) is 19.1. The number of ether oxygens (including phenoxy) is 1. The Kier molecular flexibility index (Phi) is 5.08. The van der Waals surface area contributed by atoms with E-state index in [2.05, 4.69) is 21.2 Å². The second-order valence-corrected chi connectivity index (χ2v) is 10.8. The third kappa shape index (κ3) is 4.08. The first-order chi connectivity index (χ1) is 12.9. The first-order valence-corrected chi connectivity index (χ1v) is 10.8. The quantitative estimate of drug-likeness (QED) is 0.529. The van der Waals surface area contributed by atoms with Crippen molar-refractivity contribution < 1.29 is 14.3 Å². The van der Waals surface area contributed by atoms with E-state index in [1.54, 1.807) is 0 Å². The number of rotatable bonds is 6. The SMILES string of the molecule is COC(=O)C[C@@H](NC(=O)CC12C[C@H]3C[C@@H](CC(Br)(C3)C1)C2)c1ccccc1. The number of hydrogen-bond donors (Lipinski definition) is 1. The van der Waals surface area contributed by atoms with Crippen LogP contribution in [0, 0.1) is 17.3 Å². The summed E-state index contributed by atoms with van der Waals surface area (Å²) in [5, 5.41) is 3.13. The third-order valence-corrected chi connectivity index (χ3v) is 7.71. The van der Waals surface area contributed by atoms with E-state index < -0.39 is 0 Å². The van der Waals surface area contributed by atoms with Crippen LogP contribution in [0.25, 0.3) is 0 Å². The van der Waals surface area contributed by atoms with Crippen molar-refractivity contribution in [2.75, 3.05) is 7.11 Å². The van der Waals surface area contributed by atoms with Crippen LogP contribution >= 0.6 is 15.9 Å². The van der Waals surface area contributed by atoms with E-state index in [0.717, 1.165) is 23.8 Å². The number of esters is 1. The molecule has 4 nitrogen and oxygen atoms in total. The Morgan fingerprint density at radius 3 is 2.44 bits per heavy atom. The Bertz CT molecular complexity index is 706. The van der Waals surface area contributed by atoms with Crippen molar-refractivity contribution in [3.63, 3.8) is 0 Å². The molecule has 146 valence electrons. The van der Waals surface area contributed by atoms with Gasteiger partial charge in [-0.05, 0) is 61.3 Å². The minimum absolute atomic E-state index is 0.0609. The van der Waals surface area contributed by atoms with Crippen molar-refractivity contribution in [2.45, 2.75) is 61.7 Å². The molecule has 0 heterocycles. The normalized spacial score (nSPS) is 34.9. The summed E-state index contributed by atoms with van der Waals surface area (Å²) in [5.41, 5.74) is 1.07. The van der Waals surface area contributed by atoms with E-state index >= 15 is 0 Å². The average Bonchev–Trinajstić information content (AvgIpc) is 2.59. The molecule has 0 spiro atoms. The highest BCUT2D eigenvalue weighted by atomic mass is 79.9. The lowest BCUT2D eigenvalue weighted by molar-refractivity contribution is -0.141. The van der Waals surface area contributed by atoms with Gasteiger partial charge in [-0.1, -0.05) is 46.3 Å². The van der Waals surface area contributed by atoms with Crippen LogP contribution in [0.2, 0.25) is 0 Å². The van der Waals surface area contributed by atoms with Crippen molar-refractivity contribution in [1.29, 1.82) is 0 Å². The van der Waals surface area contributed by atoms with Crippen LogP contribution in [0.1, 0.15) is 63.0 Å². The summed E-state index contributed by atoms with van der Waals surface area (Å²) >= 11 is 4.02. The van der Waals surface area contributed by atoms with Crippen molar-refractivity contribution in [1.82, 2.24) is 5.32 Å². The predicted molar refractivity (Wildman–Crippen MR) is 107 cm³/mol. The molecule has 4 fully saturated rings.